The van der Waals surface area contributed by atoms with Crippen molar-refractivity contribution < 1.29 is 18.8 Å². The first-order valence-electron chi connectivity index (χ1n) is 14.0. The number of amides is 2. The molecule has 2 aromatic heterocycles. The fourth-order valence-corrected chi connectivity index (χ4v) is 5.30. The zero-order valence-corrected chi connectivity index (χ0v) is 24.1. The van der Waals surface area contributed by atoms with Gasteiger partial charge in [0.25, 0.3) is 11.8 Å². The first kappa shape index (κ1) is 28.5. The standard InChI is InChI=1S/C30H37N7O4/c1-29(2,3)17-32-15-20-7-8-24-23(12-20)34-28(35-26(38)25-9-10-33-41-25)37(24)16-22-6-5-11-36(22)27(39)21(14-31)13-30(4)18-40-19-30/h7-10,12-13,22,32H,5-6,11,15-19H2,1-4H3,(H,34,35,38). The molecule has 2 aliphatic heterocycles. The van der Waals surface area contributed by atoms with Crippen molar-refractivity contribution in [3.63, 3.8) is 0 Å². The number of anilines is 1. The van der Waals surface area contributed by atoms with Crippen molar-refractivity contribution in [1.29, 1.82) is 5.26 Å². The Bertz CT molecular complexity index is 1490. The van der Waals surface area contributed by atoms with E-state index in [1.807, 2.05) is 29.7 Å². The minimum Gasteiger partial charge on any atom is -0.379 e. The van der Waals surface area contributed by atoms with E-state index in [9.17, 15) is 14.9 Å². The molecule has 5 rings (SSSR count). The van der Waals surface area contributed by atoms with Crippen molar-refractivity contribution in [2.45, 2.75) is 59.7 Å². The number of fused-ring (bicyclic) bond motifs is 1. The molecule has 0 aliphatic carbocycles. The van der Waals surface area contributed by atoms with E-state index in [0.717, 1.165) is 36.0 Å². The van der Waals surface area contributed by atoms with E-state index >= 15 is 0 Å². The maximum atomic E-state index is 13.5. The third kappa shape index (κ3) is 6.50. The van der Waals surface area contributed by atoms with Gasteiger partial charge < -0.3 is 24.0 Å². The molecule has 1 unspecified atom stereocenters. The van der Waals surface area contributed by atoms with Gasteiger partial charge in [0.2, 0.25) is 11.7 Å². The number of ether oxygens (including phenoxy) is 1. The van der Waals surface area contributed by atoms with Crippen molar-refractivity contribution >= 4 is 28.8 Å². The largest absolute Gasteiger partial charge is 0.379 e. The molecule has 2 saturated heterocycles. The molecule has 0 saturated carbocycles. The van der Waals surface area contributed by atoms with E-state index in [0.29, 0.717) is 38.8 Å². The summed E-state index contributed by atoms with van der Waals surface area (Å²) in [5, 5.41) is 19.8. The van der Waals surface area contributed by atoms with Crippen LogP contribution in [0, 0.1) is 22.2 Å². The Morgan fingerprint density at radius 3 is 2.73 bits per heavy atom. The fraction of sp³-hybridized carbons (Fsp3) is 0.500. The molecule has 2 N–H and O–H groups in total. The van der Waals surface area contributed by atoms with Gasteiger partial charge in [-0.15, -0.1) is 0 Å². The summed E-state index contributed by atoms with van der Waals surface area (Å²) >= 11 is 0. The van der Waals surface area contributed by atoms with Crippen molar-refractivity contribution in [3.05, 3.63) is 53.4 Å². The molecule has 3 aromatic rings. The quantitative estimate of drug-likeness (QED) is 0.297. The molecule has 11 heteroatoms. The van der Waals surface area contributed by atoms with Crippen LogP contribution >= 0.6 is 0 Å². The highest BCUT2D eigenvalue weighted by Gasteiger charge is 2.36. The van der Waals surface area contributed by atoms with E-state index in [-0.39, 0.29) is 34.1 Å². The number of nitriles is 1. The van der Waals surface area contributed by atoms with Crippen LogP contribution in [-0.4, -0.2) is 63.8 Å². The maximum Gasteiger partial charge on any atom is 0.296 e. The van der Waals surface area contributed by atoms with Crippen LogP contribution in [0.15, 0.2) is 46.6 Å². The van der Waals surface area contributed by atoms with Gasteiger partial charge in [-0.3, -0.25) is 14.9 Å². The van der Waals surface area contributed by atoms with Gasteiger partial charge in [0, 0.05) is 37.7 Å². The summed E-state index contributed by atoms with van der Waals surface area (Å²) in [6.07, 6.45) is 4.76. The van der Waals surface area contributed by atoms with Crippen LogP contribution in [0.2, 0.25) is 0 Å². The number of benzene rings is 1. The van der Waals surface area contributed by atoms with Crippen LogP contribution in [0.5, 0.6) is 0 Å². The van der Waals surface area contributed by atoms with Gasteiger partial charge in [0.15, 0.2) is 0 Å². The lowest BCUT2D eigenvalue weighted by Gasteiger charge is -2.35. The van der Waals surface area contributed by atoms with E-state index in [1.54, 1.807) is 11.0 Å². The summed E-state index contributed by atoms with van der Waals surface area (Å²) in [6, 6.07) is 9.50. The number of nitrogens with zero attached hydrogens (tertiary/aromatic N) is 5. The second-order valence-corrected chi connectivity index (χ2v) is 12.5. The van der Waals surface area contributed by atoms with Crippen LogP contribution in [0.25, 0.3) is 11.0 Å². The SMILES string of the molecule is CC(C)(C)CNCc1ccc2c(c1)nc(NC(=O)c1ccno1)n2CC1CCCN1C(=O)C(C#N)=CC1(C)COC1. The summed E-state index contributed by atoms with van der Waals surface area (Å²) in [5.74, 6) is -0.301. The molecule has 2 fully saturated rings. The average molecular weight is 560 g/mol. The molecular weight excluding hydrogens is 522 g/mol. The molecule has 11 nitrogen and oxygen atoms in total. The van der Waals surface area contributed by atoms with Crippen molar-refractivity contribution in [1.82, 2.24) is 24.9 Å². The lowest BCUT2D eigenvalue weighted by Crippen LogP contribution is -2.41. The Labute approximate surface area is 239 Å². The summed E-state index contributed by atoms with van der Waals surface area (Å²) in [6.45, 7) is 12.1. The smallest absolute Gasteiger partial charge is 0.296 e. The molecule has 0 spiro atoms. The molecule has 1 aromatic carbocycles. The number of likely N-dealkylation sites (tertiary alicyclic amines) is 1. The van der Waals surface area contributed by atoms with E-state index in [1.165, 1.54) is 12.3 Å². The van der Waals surface area contributed by atoms with Gasteiger partial charge in [-0.25, -0.2) is 4.98 Å². The molecule has 41 heavy (non-hydrogen) atoms. The second-order valence-electron chi connectivity index (χ2n) is 12.5. The van der Waals surface area contributed by atoms with Crippen molar-refractivity contribution in [2.24, 2.45) is 10.8 Å². The van der Waals surface area contributed by atoms with E-state index < -0.39 is 5.91 Å². The minimum absolute atomic E-state index is 0.0746. The molecule has 2 aliphatic rings. The highest BCUT2D eigenvalue weighted by Crippen LogP contribution is 2.31. The summed E-state index contributed by atoms with van der Waals surface area (Å²) in [7, 11) is 0. The first-order chi connectivity index (χ1) is 19.5. The summed E-state index contributed by atoms with van der Waals surface area (Å²) in [4.78, 5) is 32.9. The Kier molecular flexibility index (Phi) is 7.98. The van der Waals surface area contributed by atoms with Crippen LogP contribution in [0.1, 0.15) is 56.7 Å². The normalized spacial score (nSPS) is 18.8. The van der Waals surface area contributed by atoms with Crippen molar-refractivity contribution in [3.8, 4) is 6.07 Å². The number of hydrogen-bond donors (Lipinski definition) is 2. The number of imidazole rings is 1. The van der Waals surface area contributed by atoms with Crippen LogP contribution in [-0.2, 0) is 22.6 Å². The van der Waals surface area contributed by atoms with Crippen LogP contribution in [0.4, 0.5) is 5.95 Å². The predicted octanol–water partition coefficient (Wildman–Crippen LogP) is 3.89. The van der Waals surface area contributed by atoms with Gasteiger partial charge >= 0.3 is 0 Å². The van der Waals surface area contributed by atoms with E-state index in [2.05, 4.69) is 42.6 Å². The van der Waals surface area contributed by atoms with Gasteiger partial charge in [0.05, 0.1) is 36.5 Å². The maximum absolute atomic E-state index is 13.5. The Morgan fingerprint density at radius 2 is 2.07 bits per heavy atom. The Morgan fingerprint density at radius 1 is 1.27 bits per heavy atom. The number of carbonyl (C=O) groups excluding carboxylic acids is 2. The van der Waals surface area contributed by atoms with Crippen molar-refractivity contribution in [2.75, 3.05) is 31.6 Å². The van der Waals surface area contributed by atoms with Gasteiger partial charge in [0.1, 0.15) is 11.6 Å². The fourth-order valence-electron chi connectivity index (χ4n) is 5.30. The predicted molar refractivity (Wildman–Crippen MR) is 153 cm³/mol. The van der Waals surface area contributed by atoms with Crippen LogP contribution < -0.4 is 10.6 Å². The summed E-state index contributed by atoms with van der Waals surface area (Å²) < 4.78 is 12.3. The number of nitrogens with one attached hydrogen (secondary N) is 2. The number of carbonyl (C=O) groups is 2. The van der Waals surface area contributed by atoms with Gasteiger partial charge in [-0.2, -0.15) is 5.26 Å². The molecule has 0 radical (unpaired) electrons. The molecule has 1 atom stereocenters. The number of hydrogen-bond acceptors (Lipinski definition) is 8. The number of rotatable bonds is 9. The Balaban J connectivity index is 1.42. The zero-order valence-electron chi connectivity index (χ0n) is 24.1. The Hall–Kier alpha value is -4.01. The van der Waals surface area contributed by atoms with Crippen LogP contribution in [0.3, 0.4) is 0 Å². The minimum atomic E-state index is -0.462. The third-order valence-electron chi connectivity index (χ3n) is 7.42. The summed E-state index contributed by atoms with van der Waals surface area (Å²) in [5.41, 5.74) is 2.66. The van der Waals surface area contributed by atoms with Gasteiger partial charge in [-0.05, 0) is 36.0 Å². The monoisotopic (exact) mass is 559 g/mol. The molecule has 2 amide bonds. The highest BCUT2D eigenvalue weighted by molar-refractivity contribution is 6.02. The molecule has 216 valence electrons. The lowest BCUT2D eigenvalue weighted by atomic mass is 9.86. The molecule has 4 heterocycles. The number of aromatic nitrogens is 3. The second kappa shape index (κ2) is 11.5. The third-order valence-corrected chi connectivity index (χ3v) is 7.42. The topological polar surface area (TPSA) is 138 Å². The lowest BCUT2D eigenvalue weighted by molar-refractivity contribution is -0.128. The average Bonchev–Trinajstić information content (AvgIpc) is 3.66. The van der Waals surface area contributed by atoms with Gasteiger partial charge in [-0.1, -0.05) is 45.0 Å². The molecular formula is C30H37N7O4. The highest BCUT2D eigenvalue weighted by atomic mass is 16.5. The molecule has 0 bridgehead atoms. The zero-order chi connectivity index (χ0) is 29.2. The first-order valence-corrected chi connectivity index (χ1v) is 14.0. The van der Waals surface area contributed by atoms with E-state index in [4.69, 9.17) is 14.2 Å².